The van der Waals surface area contributed by atoms with Gasteiger partial charge in [0.15, 0.2) is 0 Å². The molecular weight excluding hydrogens is 374 g/mol. The first kappa shape index (κ1) is 22.2. The second-order valence-electron chi connectivity index (χ2n) is 8.13. The fourth-order valence-electron chi connectivity index (χ4n) is 2.39. The number of benzene rings is 1. The van der Waals surface area contributed by atoms with Crippen LogP contribution in [0.3, 0.4) is 0 Å². The Morgan fingerprint density at radius 2 is 1.93 bits per heavy atom. The summed E-state index contributed by atoms with van der Waals surface area (Å²) in [7, 11) is 4.12. The van der Waals surface area contributed by atoms with Crippen molar-refractivity contribution < 1.29 is 14.3 Å². The number of nitrogens with one attached hydrogen (secondary N) is 1. The van der Waals surface area contributed by atoms with Gasteiger partial charge in [-0.1, -0.05) is 0 Å². The molecule has 0 saturated carbocycles. The maximum absolute atomic E-state index is 11.8. The Balaban J connectivity index is 1.88. The Kier molecular flexibility index (Phi) is 7.83. The molecule has 0 aliphatic rings. The molecule has 0 saturated heterocycles. The summed E-state index contributed by atoms with van der Waals surface area (Å²) in [4.78, 5) is 19.2. The van der Waals surface area contributed by atoms with E-state index in [0.717, 1.165) is 34.2 Å². The SMILES string of the molecule is CC(CCN(C)C)Oc1ccc(-c2ncc(COC(=O)NC(C)(C)C)s2)cc1. The van der Waals surface area contributed by atoms with Crippen LogP contribution in [-0.2, 0) is 11.3 Å². The third-order valence-electron chi connectivity index (χ3n) is 3.80. The van der Waals surface area contributed by atoms with E-state index in [4.69, 9.17) is 9.47 Å². The van der Waals surface area contributed by atoms with Crippen LogP contribution in [0.15, 0.2) is 30.5 Å². The van der Waals surface area contributed by atoms with E-state index in [1.807, 2.05) is 45.0 Å². The summed E-state index contributed by atoms with van der Waals surface area (Å²) >= 11 is 1.51. The number of hydrogen-bond donors (Lipinski definition) is 1. The molecule has 0 bridgehead atoms. The smallest absolute Gasteiger partial charge is 0.407 e. The van der Waals surface area contributed by atoms with E-state index in [1.165, 1.54) is 11.3 Å². The lowest BCUT2D eigenvalue weighted by Crippen LogP contribution is -2.40. The summed E-state index contributed by atoms with van der Waals surface area (Å²) in [6.07, 6.45) is 2.47. The first-order valence-electron chi connectivity index (χ1n) is 9.44. The van der Waals surface area contributed by atoms with Crippen molar-refractivity contribution in [2.75, 3.05) is 20.6 Å². The molecule has 1 atom stereocenters. The van der Waals surface area contributed by atoms with Gasteiger partial charge in [0.2, 0.25) is 0 Å². The predicted molar refractivity (Wildman–Crippen MR) is 114 cm³/mol. The number of hydrogen-bond acceptors (Lipinski definition) is 6. The highest BCUT2D eigenvalue weighted by Gasteiger charge is 2.15. The molecule has 1 heterocycles. The van der Waals surface area contributed by atoms with Crippen LogP contribution < -0.4 is 10.1 Å². The number of nitrogens with zero attached hydrogens (tertiary/aromatic N) is 2. The van der Waals surface area contributed by atoms with E-state index in [0.29, 0.717) is 0 Å². The lowest BCUT2D eigenvalue weighted by Gasteiger charge is -2.19. The molecule has 154 valence electrons. The second kappa shape index (κ2) is 9.89. The van der Waals surface area contributed by atoms with Crippen LogP contribution in [0.2, 0.25) is 0 Å². The fraction of sp³-hybridized carbons (Fsp3) is 0.524. The van der Waals surface area contributed by atoms with Crippen molar-refractivity contribution >= 4 is 17.4 Å². The van der Waals surface area contributed by atoms with Crippen LogP contribution >= 0.6 is 11.3 Å². The van der Waals surface area contributed by atoms with E-state index in [-0.39, 0.29) is 18.2 Å². The number of alkyl carbamates (subject to hydrolysis) is 1. The molecule has 6 nitrogen and oxygen atoms in total. The van der Waals surface area contributed by atoms with Gasteiger partial charge >= 0.3 is 6.09 Å². The van der Waals surface area contributed by atoms with Crippen LogP contribution in [0.4, 0.5) is 4.79 Å². The maximum atomic E-state index is 11.8. The molecule has 0 aliphatic heterocycles. The number of aromatic nitrogens is 1. The fourth-order valence-corrected chi connectivity index (χ4v) is 3.22. The molecule has 1 aromatic heterocycles. The Morgan fingerprint density at radius 3 is 2.54 bits per heavy atom. The van der Waals surface area contributed by atoms with E-state index < -0.39 is 6.09 Å². The number of carbonyl (C=O) groups is 1. The van der Waals surface area contributed by atoms with Crippen molar-refractivity contribution in [3.8, 4) is 16.3 Å². The summed E-state index contributed by atoms with van der Waals surface area (Å²) in [5.41, 5.74) is 0.702. The molecule has 2 rings (SSSR count). The number of ether oxygens (including phenoxy) is 2. The number of amides is 1. The average Bonchev–Trinajstić information content (AvgIpc) is 3.06. The summed E-state index contributed by atoms with van der Waals surface area (Å²) in [5, 5.41) is 3.66. The molecule has 2 aromatic rings. The van der Waals surface area contributed by atoms with Crippen molar-refractivity contribution in [2.45, 2.75) is 52.4 Å². The van der Waals surface area contributed by atoms with Crippen molar-refractivity contribution in [3.63, 3.8) is 0 Å². The normalized spacial score (nSPS) is 12.7. The maximum Gasteiger partial charge on any atom is 0.407 e. The van der Waals surface area contributed by atoms with Gasteiger partial charge in [0, 0.05) is 23.8 Å². The van der Waals surface area contributed by atoms with Gasteiger partial charge in [0.05, 0.1) is 11.0 Å². The number of thiazole rings is 1. The first-order valence-corrected chi connectivity index (χ1v) is 10.3. The molecular formula is C21H31N3O3S. The van der Waals surface area contributed by atoms with Crippen molar-refractivity contribution in [2.24, 2.45) is 0 Å². The van der Waals surface area contributed by atoms with E-state index in [2.05, 4.69) is 36.2 Å². The van der Waals surface area contributed by atoms with Crippen molar-refractivity contribution in [3.05, 3.63) is 35.3 Å². The van der Waals surface area contributed by atoms with E-state index in [9.17, 15) is 4.79 Å². The van der Waals surface area contributed by atoms with Crippen LogP contribution in [0.1, 0.15) is 39.0 Å². The van der Waals surface area contributed by atoms with Gasteiger partial charge in [-0.3, -0.25) is 0 Å². The number of carbonyl (C=O) groups excluding carboxylic acids is 1. The Bertz CT molecular complexity index is 751. The van der Waals surface area contributed by atoms with Crippen LogP contribution in [0.25, 0.3) is 10.6 Å². The molecule has 1 unspecified atom stereocenters. The zero-order valence-corrected chi connectivity index (χ0v) is 18.4. The summed E-state index contributed by atoms with van der Waals surface area (Å²) in [6, 6.07) is 7.94. The Labute approximate surface area is 171 Å². The van der Waals surface area contributed by atoms with Gasteiger partial charge in [-0.15, -0.1) is 11.3 Å². The Hall–Kier alpha value is -2.12. The third-order valence-corrected chi connectivity index (χ3v) is 4.82. The van der Waals surface area contributed by atoms with Crippen LogP contribution in [0, 0.1) is 0 Å². The summed E-state index contributed by atoms with van der Waals surface area (Å²) < 4.78 is 11.2. The molecule has 0 spiro atoms. The quantitative estimate of drug-likeness (QED) is 0.698. The highest BCUT2D eigenvalue weighted by Crippen LogP contribution is 2.27. The van der Waals surface area contributed by atoms with Crippen molar-refractivity contribution in [1.29, 1.82) is 0 Å². The highest BCUT2D eigenvalue weighted by molar-refractivity contribution is 7.15. The highest BCUT2D eigenvalue weighted by atomic mass is 32.1. The van der Waals surface area contributed by atoms with E-state index >= 15 is 0 Å². The first-order chi connectivity index (χ1) is 13.1. The minimum Gasteiger partial charge on any atom is -0.491 e. The van der Waals surface area contributed by atoms with Gasteiger partial charge in [-0.25, -0.2) is 9.78 Å². The monoisotopic (exact) mass is 405 g/mol. The van der Waals surface area contributed by atoms with Gasteiger partial charge < -0.3 is 19.7 Å². The van der Waals surface area contributed by atoms with Crippen LogP contribution in [-0.4, -0.2) is 48.3 Å². The van der Waals surface area contributed by atoms with Gasteiger partial charge in [0.25, 0.3) is 0 Å². The molecule has 1 amide bonds. The topological polar surface area (TPSA) is 63.7 Å². The standard InChI is InChI=1S/C21H31N3O3S/c1-15(11-12-24(5)6)27-17-9-7-16(8-10-17)19-22-13-18(28-19)14-26-20(25)23-21(2,3)4/h7-10,13,15H,11-12,14H2,1-6H3,(H,23,25). The molecule has 0 radical (unpaired) electrons. The zero-order valence-electron chi connectivity index (χ0n) is 17.6. The summed E-state index contributed by atoms with van der Waals surface area (Å²) in [6.45, 7) is 9.03. The molecule has 7 heteroatoms. The second-order valence-corrected chi connectivity index (χ2v) is 9.24. The molecule has 0 aliphatic carbocycles. The minimum atomic E-state index is -0.424. The molecule has 0 fully saturated rings. The average molecular weight is 406 g/mol. The lowest BCUT2D eigenvalue weighted by molar-refractivity contribution is 0.132. The molecule has 28 heavy (non-hydrogen) atoms. The third kappa shape index (κ3) is 7.86. The largest absolute Gasteiger partial charge is 0.491 e. The number of rotatable bonds is 8. The van der Waals surface area contributed by atoms with Crippen molar-refractivity contribution in [1.82, 2.24) is 15.2 Å². The zero-order chi connectivity index (χ0) is 20.7. The van der Waals surface area contributed by atoms with E-state index in [1.54, 1.807) is 6.20 Å². The Morgan fingerprint density at radius 1 is 1.25 bits per heavy atom. The van der Waals surface area contributed by atoms with Gasteiger partial charge in [0.1, 0.15) is 17.4 Å². The molecule has 1 aromatic carbocycles. The summed E-state index contributed by atoms with van der Waals surface area (Å²) in [5.74, 6) is 0.856. The molecule has 1 N–H and O–H groups in total. The van der Waals surface area contributed by atoms with Crippen LogP contribution in [0.5, 0.6) is 5.75 Å². The minimum absolute atomic E-state index is 0.163. The lowest BCUT2D eigenvalue weighted by atomic mass is 10.1. The van der Waals surface area contributed by atoms with Gasteiger partial charge in [-0.2, -0.15) is 0 Å². The van der Waals surface area contributed by atoms with Gasteiger partial charge in [-0.05, 0) is 72.5 Å². The predicted octanol–water partition coefficient (Wildman–Crippen LogP) is 4.55.